The van der Waals surface area contributed by atoms with Crippen LogP contribution >= 0.6 is 12.6 Å². The third-order valence-corrected chi connectivity index (χ3v) is 4.36. The topological polar surface area (TPSA) is 37.3 Å². The molecule has 1 fully saturated rings. The van der Waals surface area contributed by atoms with Gasteiger partial charge in [-0.15, -0.1) is 12.6 Å². The van der Waals surface area contributed by atoms with Gasteiger partial charge in [-0.25, -0.2) is 4.39 Å². The highest BCUT2D eigenvalue weighted by atomic mass is 32.1. The molecule has 1 aromatic rings. The number of carbonyl (C=O) groups excluding carboxylic acids is 1. The first-order chi connectivity index (χ1) is 8.90. The molecular weight excluding hydrogens is 263 g/mol. The number of phenols is 1. The monoisotopic (exact) mass is 282 g/mol. The van der Waals surface area contributed by atoms with Crippen molar-refractivity contribution in [2.75, 3.05) is 0 Å². The Morgan fingerprint density at radius 1 is 1.47 bits per heavy atom. The lowest BCUT2D eigenvalue weighted by Crippen LogP contribution is -2.16. The summed E-state index contributed by atoms with van der Waals surface area (Å²) in [5.74, 6) is 0.0414. The van der Waals surface area contributed by atoms with Crippen LogP contribution in [0.15, 0.2) is 17.0 Å². The number of thiol groups is 1. The van der Waals surface area contributed by atoms with Crippen LogP contribution < -0.4 is 0 Å². The van der Waals surface area contributed by atoms with Crippen LogP contribution in [0.2, 0.25) is 0 Å². The van der Waals surface area contributed by atoms with E-state index in [9.17, 15) is 14.3 Å². The lowest BCUT2D eigenvalue weighted by Gasteiger charge is -2.19. The van der Waals surface area contributed by atoms with E-state index >= 15 is 0 Å². The third kappa shape index (κ3) is 3.30. The molecule has 0 bridgehead atoms. The van der Waals surface area contributed by atoms with E-state index in [0.29, 0.717) is 16.7 Å². The number of ketones is 1. The summed E-state index contributed by atoms with van der Waals surface area (Å²) in [6.45, 7) is 4.16. The molecule has 2 unspecified atom stereocenters. The second kappa shape index (κ2) is 5.53. The Morgan fingerprint density at radius 3 is 2.63 bits per heavy atom. The van der Waals surface area contributed by atoms with Crippen LogP contribution in [0.5, 0.6) is 5.75 Å². The Kier molecular flexibility index (Phi) is 4.19. The van der Waals surface area contributed by atoms with Crippen molar-refractivity contribution in [1.82, 2.24) is 0 Å². The minimum absolute atomic E-state index is 0.201. The Hall–Kier alpha value is -1.03. The number of aromatic hydroxyl groups is 1. The number of carbonyl (C=O) groups is 1. The molecule has 4 heteroatoms. The van der Waals surface area contributed by atoms with Crippen LogP contribution in [-0.2, 0) is 0 Å². The van der Waals surface area contributed by atoms with Crippen molar-refractivity contribution in [3.8, 4) is 5.75 Å². The highest BCUT2D eigenvalue weighted by molar-refractivity contribution is 7.80. The zero-order chi connectivity index (χ0) is 14.2. The molecule has 0 aliphatic heterocycles. The minimum atomic E-state index is -0.693. The average Bonchev–Trinajstić information content (AvgIpc) is 3.09. The second-order valence-electron chi connectivity index (χ2n) is 5.62. The smallest absolute Gasteiger partial charge is 0.169 e. The highest BCUT2D eigenvalue weighted by Crippen LogP contribution is 2.41. The Balaban J connectivity index is 2.11. The van der Waals surface area contributed by atoms with E-state index in [2.05, 4.69) is 19.6 Å². The van der Waals surface area contributed by atoms with E-state index in [0.717, 1.165) is 6.07 Å². The fourth-order valence-electron chi connectivity index (χ4n) is 2.52. The molecule has 2 rings (SSSR count). The molecule has 2 atom stereocenters. The maximum Gasteiger partial charge on any atom is 0.169 e. The van der Waals surface area contributed by atoms with Gasteiger partial charge in [-0.05, 0) is 42.7 Å². The molecule has 1 aromatic carbocycles. The van der Waals surface area contributed by atoms with E-state index in [1.165, 1.54) is 18.9 Å². The predicted molar refractivity (Wildman–Crippen MR) is 75.3 cm³/mol. The lowest BCUT2D eigenvalue weighted by atomic mass is 9.86. The summed E-state index contributed by atoms with van der Waals surface area (Å²) in [4.78, 5) is 12.4. The Labute approximate surface area is 118 Å². The number of hydrogen-bond donors (Lipinski definition) is 2. The van der Waals surface area contributed by atoms with Crippen LogP contribution in [0.1, 0.15) is 43.5 Å². The summed E-state index contributed by atoms with van der Waals surface area (Å²) < 4.78 is 13.8. The summed E-state index contributed by atoms with van der Waals surface area (Å²) in [6, 6.07) is 2.46. The maximum atomic E-state index is 13.8. The zero-order valence-corrected chi connectivity index (χ0v) is 12.1. The first-order valence-electron chi connectivity index (χ1n) is 6.64. The molecule has 0 aromatic heterocycles. The molecule has 0 heterocycles. The standard InChI is InChI=1S/C15H19FO2S/c1-8(9(2)10-3-4-10)5-13(17)15-12(16)6-11(19)7-14(15)18/h6-10,18-19H,3-5H2,1-2H3. The normalized spacial score (nSPS) is 18.1. The van der Waals surface area contributed by atoms with Gasteiger partial charge in [-0.3, -0.25) is 4.79 Å². The maximum absolute atomic E-state index is 13.8. The third-order valence-electron chi connectivity index (χ3n) is 4.10. The molecule has 0 saturated heterocycles. The number of halogens is 1. The van der Waals surface area contributed by atoms with Gasteiger partial charge in [0.1, 0.15) is 11.6 Å². The summed E-state index contributed by atoms with van der Waals surface area (Å²) in [5.41, 5.74) is -0.201. The van der Waals surface area contributed by atoms with E-state index < -0.39 is 5.82 Å². The summed E-state index contributed by atoms with van der Waals surface area (Å²) >= 11 is 3.97. The van der Waals surface area contributed by atoms with Crippen LogP contribution in [0.25, 0.3) is 0 Å². The van der Waals surface area contributed by atoms with Gasteiger partial charge < -0.3 is 5.11 Å². The summed E-state index contributed by atoms with van der Waals surface area (Å²) in [5, 5.41) is 9.71. The molecular formula is C15H19FO2S. The molecule has 0 amide bonds. The quantitative estimate of drug-likeness (QED) is 0.631. The summed E-state index contributed by atoms with van der Waals surface area (Å²) in [7, 11) is 0. The average molecular weight is 282 g/mol. The van der Waals surface area contributed by atoms with Crippen molar-refractivity contribution in [2.45, 2.75) is 38.0 Å². The van der Waals surface area contributed by atoms with Crippen LogP contribution in [0, 0.1) is 23.6 Å². The number of Topliss-reactive ketones (excluding diaryl/α,β-unsaturated/α-hetero) is 1. The Bertz CT molecular complexity index is 474. The van der Waals surface area contributed by atoms with Gasteiger partial charge >= 0.3 is 0 Å². The van der Waals surface area contributed by atoms with Gasteiger partial charge in [0.15, 0.2) is 5.78 Å². The fraction of sp³-hybridized carbons (Fsp3) is 0.533. The minimum Gasteiger partial charge on any atom is -0.507 e. The predicted octanol–water partition coefficient (Wildman–Crippen LogP) is 4.08. The fourth-order valence-corrected chi connectivity index (χ4v) is 2.76. The number of rotatable bonds is 5. The number of benzene rings is 1. The molecule has 1 aliphatic rings. The highest BCUT2D eigenvalue weighted by Gasteiger charge is 2.32. The first kappa shape index (κ1) is 14.4. The summed E-state index contributed by atoms with van der Waals surface area (Å²) in [6.07, 6.45) is 2.73. The van der Waals surface area contributed by atoms with Crippen molar-refractivity contribution in [2.24, 2.45) is 17.8 Å². The van der Waals surface area contributed by atoms with E-state index in [1.54, 1.807) is 0 Å². The molecule has 0 spiro atoms. The largest absolute Gasteiger partial charge is 0.507 e. The zero-order valence-electron chi connectivity index (χ0n) is 11.2. The first-order valence-corrected chi connectivity index (χ1v) is 7.09. The molecule has 104 valence electrons. The van der Waals surface area contributed by atoms with Crippen LogP contribution in [0.3, 0.4) is 0 Å². The number of phenolic OH excluding ortho intramolecular Hbond substituents is 1. The van der Waals surface area contributed by atoms with Gasteiger partial charge in [0.05, 0.1) is 5.56 Å². The van der Waals surface area contributed by atoms with Gasteiger partial charge in [-0.2, -0.15) is 0 Å². The molecule has 1 aliphatic carbocycles. The van der Waals surface area contributed by atoms with Gasteiger partial charge in [0, 0.05) is 11.3 Å². The SMILES string of the molecule is CC(CC(=O)c1c(O)cc(S)cc1F)C(C)C1CC1. The van der Waals surface area contributed by atoms with E-state index in [-0.39, 0.29) is 29.4 Å². The lowest BCUT2D eigenvalue weighted by molar-refractivity contribution is 0.0941. The second-order valence-corrected chi connectivity index (χ2v) is 6.14. The van der Waals surface area contributed by atoms with Gasteiger partial charge in [0.25, 0.3) is 0 Å². The molecule has 0 radical (unpaired) electrons. The Morgan fingerprint density at radius 2 is 2.11 bits per heavy atom. The van der Waals surface area contributed by atoms with Crippen LogP contribution in [-0.4, -0.2) is 10.9 Å². The number of hydrogen-bond acceptors (Lipinski definition) is 3. The van der Waals surface area contributed by atoms with Crippen molar-refractivity contribution >= 4 is 18.4 Å². The molecule has 1 N–H and O–H groups in total. The van der Waals surface area contributed by atoms with Gasteiger partial charge in [-0.1, -0.05) is 13.8 Å². The van der Waals surface area contributed by atoms with Gasteiger partial charge in [0.2, 0.25) is 0 Å². The van der Waals surface area contributed by atoms with Crippen molar-refractivity contribution in [3.63, 3.8) is 0 Å². The van der Waals surface area contributed by atoms with Crippen LogP contribution in [0.4, 0.5) is 4.39 Å². The van der Waals surface area contributed by atoms with Crippen molar-refractivity contribution in [3.05, 3.63) is 23.5 Å². The van der Waals surface area contributed by atoms with Crippen molar-refractivity contribution in [1.29, 1.82) is 0 Å². The van der Waals surface area contributed by atoms with E-state index in [4.69, 9.17) is 0 Å². The van der Waals surface area contributed by atoms with E-state index in [1.807, 2.05) is 6.92 Å². The molecule has 19 heavy (non-hydrogen) atoms. The molecule has 2 nitrogen and oxygen atoms in total. The van der Waals surface area contributed by atoms with Crippen molar-refractivity contribution < 1.29 is 14.3 Å². The molecule has 1 saturated carbocycles.